The second-order valence-corrected chi connectivity index (χ2v) is 5.95. The van der Waals surface area contributed by atoms with Crippen LogP contribution in [0, 0.1) is 10.1 Å². The van der Waals surface area contributed by atoms with Gasteiger partial charge in [-0.2, -0.15) is 0 Å². The highest BCUT2D eigenvalue weighted by Gasteiger charge is 2.40. The molecule has 9 nitrogen and oxygen atoms in total. The summed E-state index contributed by atoms with van der Waals surface area (Å²) in [5.41, 5.74) is -0.207. The number of imide groups is 1. The number of carbonyl (C=O) groups is 3. The van der Waals surface area contributed by atoms with Gasteiger partial charge in [0.05, 0.1) is 22.8 Å². The van der Waals surface area contributed by atoms with Gasteiger partial charge in [0, 0.05) is 19.0 Å². The Kier molecular flexibility index (Phi) is 5.35. The molecule has 0 aromatic heterocycles. The van der Waals surface area contributed by atoms with Crippen molar-refractivity contribution in [1.29, 1.82) is 0 Å². The van der Waals surface area contributed by atoms with E-state index in [1.165, 1.54) is 18.2 Å². The third-order valence-corrected chi connectivity index (χ3v) is 4.20. The van der Waals surface area contributed by atoms with E-state index in [1.54, 1.807) is 24.3 Å². The summed E-state index contributed by atoms with van der Waals surface area (Å²) in [4.78, 5) is 48.4. The van der Waals surface area contributed by atoms with Crippen LogP contribution in [0.25, 0.3) is 0 Å². The van der Waals surface area contributed by atoms with Crippen LogP contribution in [0.2, 0.25) is 0 Å². The van der Waals surface area contributed by atoms with Gasteiger partial charge in [-0.15, -0.1) is 0 Å². The summed E-state index contributed by atoms with van der Waals surface area (Å²) in [6.07, 6.45) is -0.153. The number of amides is 3. The van der Waals surface area contributed by atoms with E-state index in [0.29, 0.717) is 18.0 Å². The zero-order chi connectivity index (χ0) is 20.3. The number of benzene rings is 2. The average Bonchev–Trinajstić information content (AvgIpc) is 2.92. The molecule has 3 amide bonds. The molecule has 2 aromatic carbocycles. The molecule has 1 heterocycles. The van der Waals surface area contributed by atoms with Gasteiger partial charge in [-0.05, 0) is 25.1 Å². The normalized spacial score (nSPS) is 12.7. The van der Waals surface area contributed by atoms with E-state index in [4.69, 9.17) is 4.74 Å². The van der Waals surface area contributed by atoms with E-state index >= 15 is 0 Å². The fourth-order valence-corrected chi connectivity index (χ4v) is 2.95. The van der Waals surface area contributed by atoms with Crippen molar-refractivity contribution in [2.24, 2.45) is 0 Å². The summed E-state index contributed by atoms with van der Waals surface area (Å²) in [6, 6.07) is 10.8. The highest BCUT2D eigenvalue weighted by atomic mass is 16.6. The van der Waals surface area contributed by atoms with Gasteiger partial charge in [0.15, 0.2) is 0 Å². The first-order valence-corrected chi connectivity index (χ1v) is 8.59. The largest absolute Gasteiger partial charge is 0.492 e. The lowest BCUT2D eigenvalue weighted by Crippen LogP contribution is -2.33. The molecule has 1 aliphatic heterocycles. The summed E-state index contributed by atoms with van der Waals surface area (Å²) in [7, 11) is 0. The Labute approximate surface area is 160 Å². The molecule has 28 heavy (non-hydrogen) atoms. The Morgan fingerprint density at radius 1 is 1.14 bits per heavy atom. The Hall–Kier alpha value is -3.75. The smallest absolute Gasteiger partial charge is 0.282 e. The number of hydrogen-bond acceptors (Lipinski definition) is 6. The number of para-hydroxylation sites is 2. The van der Waals surface area contributed by atoms with Gasteiger partial charge in [0.1, 0.15) is 11.3 Å². The van der Waals surface area contributed by atoms with Gasteiger partial charge < -0.3 is 10.1 Å². The number of nitro benzene ring substituents is 1. The minimum atomic E-state index is -0.769. The first-order valence-electron chi connectivity index (χ1n) is 8.59. The third kappa shape index (κ3) is 3.54. The molecule has 0 radical (unpaired) electrons. The second kappa shape index (κ2) is 7.87. The van der Waals surface area contributed by atoms with Crippen LogP contribution >= 0.6 is 0 Å². The maximum Gasteiger partial charge on any atom is 0.282 e. The van der Waals surface area contributed by atoms with Crippen molar-refractivity contribution in [2.75, 3.05) is 18.5 Å². The van der Waals surface area contributed by atoms with Gasteiger partial charge in [-0.25, -0.2) is 0 Å². The standard InChI is InChI=1S/C19H17N3O6/c1-2-28-15-9-4-3-7-13(15)20-16(23)10-11-21-18(24)12-6-5-8-14(22(26)27)17(12)19(21)25/h3-9H,2,10-11H2,1H3,(H,20,23). The van der Waals surface area contributed by atoms with Crippen molar-refractivity contribution in [1.82, 2.24) is 4.90 Å². The minimum Gasteiger partial charge on any atom is -0.492 e. The van der Waals surface area contributed by atoms with E-state index < -0.39 is 28.3 Å². The first kappa shape index (κ1) is 19.0. The number of carbonyl (C=O) groups excluding carboxylic acids is 3. The average molecular weight is 383 g/mol. The maximum atomic E-state index is 12.5. The first-order chi connectivity index (χ1) is 13.4. The molecule has 0 bridgehead atoms. The van der Waals surface area contributed by atoms with E-state index in [0.717, 1.165) is 4.90 Å². The zero-order valence-corrected chi connectivity index (χ0v) is 15.0. The van der Waals surface area contributed by atoms with E-state index in [2.05, 4.69) is 5.32 Å². The monoisotopic (exact) mass is 383 g/mol. The van der Waals surface area contributed by atoms with Crippen molar-refractivity contribution in [2.45, 2.75) is 13.3 Å². The van der Waals surface area contributed by atoms with Crippen LogP contribution in [-0.4, -0.2) is 40.7 Å². The number of nitrogens with one attached hydrogen (secondary N) is 1. The van der Waals surface area contributed by atoms with Crippen LogP contribution < -0.4 is 10.1 Å². The number of rotatable bonds is 7. The van der Waals surface area contributed by atoms with Crippen LogP contribution in [-0.2, 0) is 4.79 Å². The number of fused-ring (bicyclic) bond motifs is 1. The molecule has 0 saturated carbocycles. The number of anilines is 1. The van der Waals surface area contributed by atoms with Crippen molar-refractivity contribution >= 4 is 29.1 Å². The van der Waals surface area contributed by atoms with Crippen LogP contribution in [0.1, 0.15) is 34.1 Å². The molecule has 144 valence electrons. The molecular formula is C19H17N3O6. The van der Waals surface area contributed by atoms with E-state index in [1.807, 2.05) is 6.92 Å². The molecule has 3 rings (SSSR count). The quantitative estimate of drug-likeness (QED) is 0.446. The third-order valence-electron chi connectivity index (χ3n) is 4.20. The molecule has 0 spiro atoms. The SMILES string of the molecule is CCOc1ccccc1NC(=O)CCN1C(=O)c2cccc([N+](=O)[O-])c2C1=O. The summed E-state index contributed by atoms with van der Waals surface area (Å²) in [6.45, 7) is 2.06. The highest BCUT2D eigenvalue weighted by molar-refractivity contribution is 6.23. The Morgan fingerprint density at radius 2 is 1.89 bits per heavy atom. The fraction of sp³-hybridized carbons (Fsp3) is 0.211. The maximum absolute atomic E-state index is 12.5. The van der Waals surface area contributed by atoms with Gasteiger partial charge in [0.25, 0.3) is 17.5 Å². The predicted octanol–water partition coefficient (Wildman–Crippen LogP) is 2.62. The second-order valence-electron chi connectivity index (χ2n) is 5.95. The highest BCUT2D eigenvalue weighted by Crippen LogP contribution is 2.31. The van der Waals surface area contributed by atoms with Crippen molar-refractivity contribution < 1.29 is 24.0 Å². The van der Waals surface area contributed by atoms with E-state index in [9.17, 15) is 24.5 Å². The molecule has 1 N–H and O–H groups in total. The molecular weight excluding hydrogens is 366 g/mol. The zero-order valence-electron chi connectivity index (χ0n) is 15.0. The summed E-state index contributed by atoms with van der Waals surface area (Å²) in [5.74, 6) is -1.33. The van der Waals surface area contributed by atoms with E-state index in [-0.39, 0.29) is 24.1 Å². The Bertz CT molecular complexity index is 972. The summed E-state index contributed by atoms with van der Waals surface area (Å²) >= 11 is 0. The predicted molar refractivity (Wildman–Crippen MR) is 99.3 cm³/mol. The Morgan fingerprint density at radius 3 is 2.61 bits per heavy atom. The van der Waals surface area contributed by atoms with Gasteiger partial charge in [-0.3, -0.25) is 29.4 Å². The number of nitrogens with zero attached hydrogens (tertiary/aromatic N) is 2. The molecule has 0 atom stereocenters. The van der Waals surface area contributed by atoms with Crippen LogP contribution in [0.3, 0.4) is 0 Å². The molecule has 9 heteroatoms. The Balaban J connectivity index is 1.69. The minimum absolute atomic E-state index is 0.0266. The van der Waals surface area contributed by atoms with Gasteiger partial charge in [-0.1, -0.05) is 18.2 Å². The van der Waals surface area contributed by atoms with Crippen LogP contribution in [0.15, 0.2) is 42.5 Å². The van der Waals surface area contributed by atoms with Crippen molar-refractivity contribution in [3.05, 3.63) is 63.7 Å². The van der Waals surface area contributed by atoms with Crippen LogP contribution in [0.5, 0.6) is 5.75 Å². The number of ether oxygens (including phenoxy) is 1. The molecule has 0 unspecified atom stereocenters. The topological polar surface area (TPSA) is 119 Å². The number of nitro groups is 1. The van der Waals surface area contributed by atoms with Gasteiger partial charge in [0.2, 0.25) is 5.91 Å². The number of hydrogen-bond donors (Lipinski definition) is 1. The summed E-state index contributed by atoms with van der Waals surface area (Å²) in [5, 5.41) is 13.8. The fourth-order valence-electron chi connectivity index (χ4n) is 2.95. The van der Waals surface area contributed by atoms with Gasteiger partial charge >= 0.3 is 0 Å². The van der Waals surface area contributed by atoms with Crippen LogP contribution in [0.4, 0.5) is 11.4 Å². The van der Waals surface area contributed by atoms with Crippen molar-refractivity contribution in [3.8, 4) is 5.75 Å². The lowest BCUT2D eigenvalue weighted by Gasteiger charge is -2.14. The lowest BCUT2D eigenvalue weighted by atomic mass is 10.1. The molecule has 0 fully saturated rings. The molecule has 0 aliphatic carbocycles. The molecule has 0 saturated heterocycles. The molecule has 2 aromatic rings. The lowest BCUT2D eigenvalue weighted by molar-refractivity contribution is -0.385. The molecule has 1 aliphatic rings. The van der Waals surface area contributed by atoms with Crippen molar-refractivity contribution in [3.63, 3.8) is 0 Å². The summed E-state index contributed by atoms with van der Waals surface area (Å²) < 4.78 is 5.43.